The van der Waals surface area contributed by atoms with Gasteiger partial charge in [-0.1, -0.05) is 0 Å². The van der Waals surface area contributed by atoms with Crippen molar-refractivity contribution in [2.24, 2.45) is 0 Å². The van der Waals surface area contributed by atoms with Crippen molar-refractivity contribution < 1.29 is 9.47 Å². The van der Waals surface area contributed by atoms with Crippen molar-refractivity contribution in [3.8, 4) is 0 Å². The molecular formula is C14H26N4O2. The molecule has 0 aliphatic carbocycles. The monoisotopic (exact) mass is 282 g/mol. The first-order valence-electron chi connectivity index (χ1n) is 7.21. The van der Waals surface area contributed by atoms with Crippen LogP contribution in [0.3, 0.4) is 0 Å². The summed E-state index contributed by atoms with van der Waals surface area (Å²) in [5.74, 6) is 2.41. The zero-order chi connectivity index (χ0) is 14.8. The molecule has 6 heteroatoms. The second kappa shape index (κ2) is 9.50. The summed E-state index contributed by atoms with van der Waals surface area (Å²) in [7, 11) is 1.85. The molecule has 0 aliphatic rings. The summed E-state index contributed by atoms with van der Waals surface area (Å²) in [5.41, 5.74) is 0. The van der Waals surface area contributed by atoms with Gasteiger partial charge in [-0.25, -0.2) is 9.97 Å². The van der Waals surface area contributed by atoms with E-state index < -0.39 is 0 Å². The van der Waals surface area contributed by atoms with Crippen molar-refractivity contribution in [2.75, 3.05) is 50.2 Å². The third-order valence-electron chi connectivity index (χ3n) is 2.87. The molecule has 20 heavy (non-hydrogen) atoms. The maximum atomic E-state index is 5.41. The molecule has 1 aromatic rings. The number of likely N-dealkylation sites (N-methyl/N-ethyl adjacent to an activating group) is 1. The fourth-order valence-corrected chi connectivity index (χ4v) is 1.78. The first-order chi connectivity index (χ1) is 9.74. The van der Waals surface area contributed by atoms with Crippen molar-refractivity contribution in [3.05, 3.63) is 11.9 Å². The van der Waals surface area contributed by atoms with Crippen LogP contribution >= 0.6 is 0 Å². The summed E-state index contributed by atoms with van der Waals surface area (Å²) < 4.78 is 10.8. The lowest BCUT2D eigenvalue weighted by molar-refractivity contribution is 0.128. The second-order valence-electron chi connectivity index (χ2n) is 4.19. The molecule has 114 valence electrons. The number of hydrogen-bond acceptors (Lipinski definition) is 6. The van der Waals surface area contributed by atoms with E-state index in [4.69, 9.17) is 9.47 Å². The van der Waals surface area contributed by atoms with Gasteiger partial charge in [-0.2, -0.15) is 0 Å². The number of nitrogens with zero attached hydrogens (tertiary/aromatic N) is 3. The molecule has 6 nitrogen and oxygen atoms in total. The standard InChI is InChI=1S/C14H26N4O2/c1-5-18(8-9-19-6-2)14-10-12(15-4)16-13(17-14)11-20-7-3/h10H,5-9,11H2,1-4H3,(H,15,16,17). The summed E-state index contributed by atoms with van der Waals surface area (Å²) in [6, 6.07) is 1.95. The largest absolute Gasteiger partial charge is 0.380 e. The molecule has 0 atom stereocenters. The highest BCUT2D eigenvalue weighted by molar-refractivity contribution is 5.49. The zero-order valence-corrected chi connectivity index (χ0v) is 13.0. The Hall–Kier alpha value is -1.40. The molecule has 0 unspecified atom stereocenters. The second-order valence-corrected chi connectivity index (χ2v) is 4.19. The van der Waals surface area contributed by atoms with Crippen LogP contribution in [0, 0.1) is 0 Å². The summed E-state index contributed by atoms with van der Waals surface area (Å²) in [6.45, 7) is 10.3. The Labute approximate surface area is 121 Å². The smallest absolute Gasteiger partial charge is 0.158 e. The van der Waals surface area contributed by atoms with Crippen LogP contribution in [0.15, 0.2) is 6.07 Å². The minimum atomic E-state index is 0.433. The Morgan fingerprint density at radius 2 is 1.90 bits per heavy atom. The topological polar surface area (TPSA) is 59.5 Å². The molecular weight excluding hydrogens is 256 g/mol. The summed E-state index contributed by atoms with van der Waals surface area (Å²) in [5, 5.41) is 3.07. The van der Waals surface area contributed by atoms with Gasteiger partial charge in [0.1, 0.15) is 18.2 Å². The van der Waals surface area contributed by atoms with Crippen molar-refractivity contribution in [2.45, 2.75) is 27.4 Å². The number of nitrogens with one attached hydrogen (secondary N) is 1. The van der Waals surface area contributed by atoms with E-state index >= 15 is 0 Å². The third-order valence-corrected chi connectivity index (χ3v) is 2.87. The van der Waals surface area contributed by atoms with Gasteiger partial charge in [-0.15, -0.1) is 0 Å². The predicted molar refractivity (Wildman–Crippen MR) is 81.3 cm³/mol. The van der Waals surface area contributed by atoms with Crippen molar-refractivity contribution >= 4 is 11.6 Å². The van der Waals surface area contributed by atoms with E-state index in [0.29, 0.717) is 25.6 Å². The van der Waals surface area contributed by atoms with E-state index in [1.54, 1.807) is 0 Å². The van der Waals surface area contributed by atoms with Gasteiger partial charge in [-0.3, -0.25) is 0 Å². The van der Waals surface area contributed by atoms with E-state index in [1.165, 1.54) is 0 Å². The maximum Gasteiger partial charge on any atom is 0.158 e. The normalized spacial score (nSPS) is 10.6. The van der Waals surface area contributed by atoms with Crippen molar-refractivity contribution in [3.63, 3.8) is 0 Å². The van der Waals surface area contributed by atoms with Crippen molar-refractivity contribution in [1.82, 2.24) is 9.97 Å². The van der Waals surface area contributed by atoms with E-state index in [1.807, 2.05) is 27.0 Å². The summed E-state index contributed by atoms with van der Waals surface area (Å²) in [4.78, 5) is 11.1. The Bertz CT molecular complexity index is 387. The van der Waals surface area contributed by atoms with Gasteiger partial charge in [0, 0.05) is 39.4 Å². The minimum Gasteiger partial charge on any atom is -0.380 e. The number of rotatable bonds is 10. The zero-order valence-electron chi connectivity index (χ0n) is 13.0. The van der Waals surface area contributed by atoms with Crippen LogP contribution in [-0.4, -0.2) is 49.9 Å². The van der Waals surface area contributed by atoms with Crippen LogP contribution in [-0.2, 0) is 16.1 Å². The Balaban J connectivity index is 2.83. The number of hydrogen-bond donors (Lipinski definition) is 1. The van der Waals surface area contributed by atoms with Gasteiger partial charge in [0.2, 0.25) is 0 Å². The van der Waals surface area contributed by atoms with Crippen molar-refractivity contribution in [1.29, 1.82) is 0 Å². The molecule has 0 aliphatic heterocycles. The van der Waals surface area contributed by atoms with E-state index in [2.05, 4.69) is 27.1 Å². The Kier molecular flexibility index (Phi) is 7.91. The van der Waals surface area contributed by atoms with Crippen LogP contribution in [0.2, 0.25) is 0 Å². The molecule has 0 fully saturated rings. The lowest BCUT2D eigenvalue weighted by Crippen LogP contribution is -2.28. The predicted octanol–water partition coefficient (Wildman–Crippen LogP) is 1.92. The molecule has 0 saturated heterocycles. The van der Waals surface area contributed by atoms with Gasteiger partial charge in [-0.05, 0) is 20.8 Å². The molecule has 1 heterocycles. The van der Waals surface area contributed by atoms with Crippen LogP contribution < -0.4 is 10.2 Å². The first-order valence-corrected chi connectivity index (χ1v) is 7.21. The lowest BCUT2D eigenvalue weighted by atomic mass is 10.4. The molecule has 0 saturated carbocycles. The molecule has 1 aromatic heterocycles. The molecule has 0 aromatic carbocycles. The van der Waals surface area contributed by atoms with Gasteiger partial charge in [0.05, 0.1) is 6.61 Å². The molecule has 0 radical (unpaired) electrons. The van der Waals surface area contributed by atoms with Gasteiger partial charge in [0.15, 0.2) is 5.82 Å². The average molecular weight is 282 g/mol. The Morgan fingerprint density at radius 3 is 2.50 bits per heavy atom. The molecule has 0 amide bonds. The molecule has 1 N–H and O–H groups in total. The van der Waals surface area contributed by atoms with E-state index in [9.17, 15) is 0 Å². The van der Waals surface area contributed by atoms with Crippen LogP contribution in [0.5, 0.6) is 0 Å². The SMILES string of the molecule is CCOCCN(CC)c1cc(NC)nc(COCC)n1. The summed E-state index contributed by atoms with van der Waals surface area (Å²) >= 11 is 0. The molecule has 0 spiro atoms. The maximum absolute atomic E-state index is 5.41. The van der Waals surface area contributed by atoms with Crippen LogP contribution in [0.4, 0.5) is 11.6 Å². The van der Waals surface area contributed by atoms with Gasteiger partial charge >= 0.3 is 0 Å². The lowest BCUT2D eigenvalue weighted by Gasteiger charge is -2.22. The highest BCUT2D eigenvalue weighted by Crippen LogP contribution is 2.16. The third kappa shape index (κ3) is 5.30. The van der Waals surface area contributed by atoms with E-state index in [0.717, 1.165) is 31.3 Å². The highest BCUT2D eigenvalue weighted by atomic mass is 16.5. The van der Waals surface area contributed by atoms with Crippen LogP contribution in [0.1, 0.15) is 26.6 Å². The highest BCUT2D eigenvalue weighted by Gasteiger charge is 2.10. The van der Waals surface area contributed by atoms with Gasteiger partial charge in [0.25, 0.3) is 0 Å². The molecule has 1 rings (SSSR count). The summed E-state index contributed by atoms with van der Waals surface area (Å²) in [6.07, 6.45) is 0. The first kappa shape index (κ1) is 16.7. The Morgan fingerprint density at radius 1 is 1.15 bits per heavy atom. The fourth-order valence-electron chi connectivity index (χ4n) is 1.78. The van der Waals surface area contributed by atoms with Gasteiger partial charge < -0.3 is 19.7 Å². The number of anilines is 2. The average Bonchev–Trinajstić information content (AvgIpc) is 2.49. The number of ether oxygens (including phenoxy) is 2. The quantitative estimate of drug-likeness (QED) is 0.662. The minimum absolute atomic E-state index is 0.433. The molecule has 0 bridgehead atoms. The van der Waals surface area contributed by atoms with Crippen LogP contribution in [0.25, 0.3) is 0 Å². The number of aromatic nitrogens is 2. The van der Waals surface area contributed by atoms with E-state index in [-0.39, 0.29) is 0 Å². The fraction of sp³-hybridized carbons (Fsp3) is 0.714.